The van der Waals surface area contributed by atoms with E-state index in [0.717, 1.165) is 29.8 Å². The van der Waals surface area contributed by atoms with Crippen LogP contribution in [-0.2, 0) is 6.54 Å². The van der Waals surface area contributed by atoms with Crippen molar-refractivity contribution < 1.29 is 9.53 Å². The molecule has 0 aliphatic carbocycles. The lowest BCUT2D eigenvalue weighted by molar-refractivity contribution is 0.0950. The van der Waals surface area contributed by atoms with Gasteiger partial charge in [-0.2, -0.15) is 0 Å². The zero-order valence-corrected chi connectivity index (χ0v) is 17.7. The van der Waals surface area contributed by atoms with Crippen molar-refractivity contribution in [2.24, 2.45) is 0 Å². The lowest BCUT2D eigenvalue weighted by atomic mass is 10.1. The summed E-state index contributed by atoms with van der Waals surface area (Å²) in [4.78, 5) is 14.4. The number of hydrogen-bond acceptors (Lipinski definition) is 4. The molecule has 0 fully saturated rings. The Kier molecular flexibility index (Phi) is 11.5. The molecule has 0 radical (unpaired) electrons. The Bertz CT molecular complexity index is 707. The highest BCUT2D eigenvalue weighted by molar-refractivity contribution is 5.96. The van der Waals surface area contributed by atoms with Gasteiger partial charge in [0.25, 0.3) is 5.91 Å². The summed E-state index contributed by atoms with van der Waals surface area (Å²) in [5.41, 5.74) is 8.89. The number of amides is 1. The molecule has 27 heavy (non-hydrogen) atoms. The topological polar surface area (TPSA) is 67.6 Å². The van der Waals surface area contributed by atoms with E-state index in [0.29, 0.717) is 24.4 Å². The molecular weight excluding hydrogens is 385 g/mol. The number of nitrogen functional groups attached to an aromatic ring is 1. The van der Waals surface area contributed by atoms with Crippen molar-refractivity contribution >= 4 is 36.4 Å². The fourth-order valence-corrected chi connectivity index (χ4v) is 2.44. The molecule has 0 saturated heterocycles. The third kappa shape index (κ3) is 8.52. The van der Waals surface area contributed by atoms with Gasteiger partial charge in [0.15, 0.2) is 0 Å². The van der Waals surface area contributed by atoms with Crippen LogP contribution in [0.25, 0.3) is 0 Å². The number of halogens is 2. The van der Waals surface area contributed by atoms with Crippen LogP contribution in [0.2, 0.25) is 0 Å². The molecule has 0 heterocycles. The number of ether oxygens (including phenoxy) is 1. The zero-order valence-electron chi connectivity index (χ0n) is 16.0. The van der Waals surface area contributed by atoms with Gasteiger partial charge in [0.05, 0.1) is 6.61 Å². The van der Waals surface area contributed by atoms with Gasteiger partial charge in [0, 0.05) is 24.3 Å². The number of nitrogens with zero attached hydrogens (tertiary/aromatic N) is 1. The van der Waals surface area contributed by atoms with E-state index in [9.17, 15) is 4.79 Å². The Balaban J connectivity index is 0.00000338. The average Bonchev–Trinajstić information content (AvgIpc) is 2.59. The van der Waals surface area contributed by atoms with E-state index < -0.39 is 0 Å². The maximum Gasteiger partial charge on any atom is 0.251 e. The molecule has 1 amide bonds. The molecule has 0 saturated carbocycles. The van der Waals surface area contributed by atoms with E-state index in [1.807, 2.05) is 51.4 Å². The fraction of sp³-hybridized carbons (Fsp3) is 0.350. The van der Waals surface area contributed by atoms with Crippen LogP contribution >= 0.6 is 24.8 Å². The summed E-state index contributed by atoms with van der Waals surface area (Å²) in [6, 6.07) is 13.2. The molecule has 0 spiro atoms. The number of carbonyl (C=O) groups excluding carboxylic acids is 1. The molecule has 3 N–H and O–H groups in total. The van der Waals surface area contributed by atoms with Gasteiger partial charge in [-0.25, -0.2) is 0 Å². The van der Waals surface area contributed by atoms with Crippen LogP contribution in [0.3, 0.4) is 0 Å². The molecule has 0 aliphatic rings. The molecule has 0 aliphatic heterocycles. The van der Waals surface area contributed by atoms with Crippen molar-refractivity contribution in [2.45, 2.75) is 19.9 Å². The maximum atomic E-state index is 12.3. The molecule has 5 nitrogen and oxygen atoms in total. The Hall–Kier alpha value is -1.95. The van der Waals surface area contributed by atoms with Gasteiger partial charge >= 0.3 is 0 Å². The predicted octanol–water partition coefficient (Wildman–Crippen LogP) is 3.68. The summed E-state index contributed by atoms with van der Waals surface area (Å²) in [6.07, 6.45) is 0.990. The molecule has 150 valence electrons. The second-order valence-electron chi connectivity index (χ2n) is 6.41. The minimum absolute atomic E-state index is 0. The first-order valence-corrected chi connectivity index (χ1v) is 8.46. The highest BCUT2D eigenvalue weighted by atomic mass is 35.5. The van der Waals surface area contributed by atoms with E-state index >= 15 is 0 Å². The second-order valence-corrected chi connectivity index (χ2v) is 6.41. The molecule has 2 rings (SSSR count). The van der Waals surface area contributed by atoms with Gasteiger partial charge in [-0.3, -0.25) is 4.79 Å². The molecule has 0 aromatic heterocycles. The number of hydrogen-bond donors (Lipinski definition) is 2. The third-order valence-corrected chi connectivity index (χ3v) is 3.90. The number of benzene rings is 2. The molecule has 0 unspecified atom stereocenters. The maximum absolute atomic E-state index is 12.3. The lowest BCUT2D eigenvalue weighted by Crippen LogP contribution is -2.23. The van der Waals surface area contributed by atoms with E-state index in [4.69, 9.17) is 10.5 Å². The Morgan fingerprint density at radius 1 is 1.11 bits per heavy atom. The average molecular weight is 414 g/mol. The highest BCUT2D eigenvalue weighted by Crippen LogP contribution is 2.14. The largest absolute Gasteiger partial charge is 0.494 e. The van der Waals surface area contributed by atoms with E-state index in [2.05, 4.69) is 10.2 Å². The number of rotatable bonds is 8. The van der Waals surface area contributed by atoms with Gasteiger partial charge in [0.2, 0.25) is 0 Å². The van der Waals surface area contributed by atoms with Crippen molar-refractivity contribution in [3.8, 4) is 5.75 Å². The van der Waals surface area contributed by atoms with Crippen molar-refractivity contribution in [3.05, 3.63) is 59.2 Å². The Morgan fingerprint density at radius 3 is 2.41 bits per heavy atom. The van der Waals surface area contributed by atoms with Gasteiger partial charge in [-0.15, -0.1) is 24.8 Å². The quantitative estimate of drug-likeness (QED) is 0.511. The van der Waals surface area contributed by atoms with Crippen LogP contribution in [0.15, 0.2) is 42.5 Å². The first-order chi connectivity index (χ1) is 12.0. The number of carbonyl (C=O) groups is 1. The van der Waals surface area contributed by atoms with E-state index in [1.54, 1.807) is 12.1 Å². The van der Waals surface area contributed by atoms with E-state index in [-0.39, 0.29) is 30.7 Å². The fourth-order valence-electron chi connectivity index (χ4n) is 2.44. The van der Waals surface area contributed by atoms with Crippen molar-refractivity contribution in [1.82, 2.24) is 10.2 Å². The number of anilines is 1. The van der Waals surface area contributed by atoms with Crippen LogP contribution in [0.5, 0.6) is 5.75 Å². The first kappa shape index (κ1) is 25.1. The van der Waals surface area contributed by atoms with Crippen LogP contribution in [0.4, 0.5) is 5.69 Å². The molecule has 0 bridgehead atoms. The van der Waals surface area contributed by atoms with Crippen LogP contribution in [-0.4, -0.2) is 38.1 Å². The number of nitrogens with one attached hydrogen (secondary N) is 1. The summed E-state index contributed by atoms with van der Waals surface area (Å²) in [6.45, 7) is 4.07. The third-order valence-electron chi connectivity index (χ3n) is 3.90. The van der Waals surface area contributed by atoms with Gasteiger partial charge < -0.3 is 20.7 Å². The number of nitrogens with two attached hydrogens (primary N) is 1. The minimum Gasteiger partial charge on any atom is -0.494 e. The van der Waals surface area contributed by atoms with Crippen LogP contribution < -0.4 is 15.8 Å². The second kappa shape index (κ2) is 12.4. The van der Waals surface area contributed by atoms with E-state index in [1.165, 1.54) is 0 Å². The van der Waals surface area contributed by atoms with Gasteiger partial charge in [0.1, 0.15) is 5.75 Å². The van der Waals surface area contributed by atoms with Crippen LogP contribution in [0, 0.1) is 6.92 Å². The highest BCUT2D eigenvalue weighted by Gasteiger charge is 2.09. The first-order valence-electron chi connectivity index (χ1n) is 8.46. The summed E-state index contributed by atoms with van der Waals surface area (Å²) >= 11 is 0. The monoisotopic (exact) mass is 413 g/mol. The summed E-state index contributed by atoms with van der Waals surface area (Å²) in [5.74, 6) is 0.731. The normalized spacial score (nSPS) is 9.93. The Morgan fingerprint density at radius 2 is 1.78 bits per heavy atom. The standard InChI is InChI=1S/C20H27N3O2.2ClH/c1-15-5-8-17(21)13-19(15)20(24)22-14-16-6-9-18(10-7-16)25-12-4-11-23(2)3;;/h5-10,13H,4,11-12,14,21H2,1-3H3,(H,22,24);2*1H. The molecule has 2 aromatic carbocycles. The molecular formula is C20H29Cl2N3O2. The smallest absolute Gasteiger partial charge is 0.251 e. The summed E-state index contributed by atoms with van der Waals surface area (Å²) in [7, 11) is 4.10. The Labute approximate surface area is 174 Å². The zero-order chi connectivity index (χ0) is 18.2. The SMILES string of the molecule is Cc1ccc(N)cc1C(=O)NCc1ccc(OCCCN(C)C)cc1.Cl.Cl. The van der Waals surface area contributed by atoms with Crippen molar-refractivity contribution in [1.29, 1.82) is 0 Å². The summed E-state index contributed by atoms with van der Waals surface area (Å²) < 4.78 is 5.71. The summed E-state index contributed by atoms with van der Waals surface area (Å²) in [5, 5.41) is 2.93. The van der Waals surface area contributed by atoms with Gasteiger partial charge in [-0.1, -0.05) is 18.2 Å². The van der Waals surface area contributed by atoms with Crippen molar-refractivity contribution in [2.75, 3.05) is 33.0 Å². The molecule has 2 aromatic rings. The minimum atomic E-state index is -0.117. The number of aryl methyl sites for hydroxylation is 1. The molecule has 0 atom stereocenters. The predicted molar refractivity (Wildman–Crippen MR) is 116 cm³/mol. The lowest BCUT2D eigenvalue weighted by Gasteiger charge is -2.11. The van der Waals surface area contributed by atoms with Crippen molar-refractivity contribution in [3.63, 3.8) is 0 Å². The van der Waals surface area contributed by atoms with Crippen LogP contribution in [0.1, 0.15) is 27.9 Å². The molecule has 7 heteroatoms. The van der Waals surface area contributed by atoms with Gasteiger partial charge in [-0.05, 0) is 62.8 Å².